The fourth-order valence-corrected chi connectivity index (χ4v) is 2.05. The maximum atomic E-state index is 12.4. The van der Waals surface area contributed by atoms with Gasteiger partial charge in [0.05, 0.1) is 12.3 Å². The molecule has 1 aliphatic carbocycles. The summed E-state index contributed by atoms with van der Waals surface area (Å²) in [5.74, 6) is -0.542. The minimum Gasteiger partial charge on any atom is -0.465 e. The van der Waals surface area contributed by atoms with Crippen LogP contribution in [0, 0.1) is 0 Å². The molecule has 1 aromatic heterocycles. The van der Waals surface area contributed by atoms with E-state index in [9.17, 15) is 9.59 Å². The first-order chi connectivity index (χ1) is 9.02. The van der Waals surface area contributed by atoms with Crippen LogP contribution in [0.25, 0.3) is 0 Å². The number of anilines is 1. The van der Waals surface area contributed by atoms with Gasteiger partial charge >= 0.3 is 5.97 Å². The highest BCUT2D eigenvalue weighted by molar-refractivity contribution is 5.96. The number of amides is 1. The lowest BCUT2D eigenvalue weighted by molar-refractivity contribution is -0.144. The van der Waals surface area contributed by atoms with Crippen molar-refractivity contribution in [3.05, 3.63) is 18.0 Å². The number of aromatic nitrogens is 1. The summed E-state index contributed by atoms with van der Waals surface area (Å²) < 4.78 is 6.59. The van der Waals surface area contributed by atoms with E-state index in [1.54, 1.807) is 35.7 Å². The van der Waals surface area contributed by atoms with Crippen molar-refractivity contribution in [3.8, 4) is 0 Å². The van der Waals surface area contributed by atoms with E-state index in [2.05, 4.69) is 0 Å². The molecular weight excluding hydrogens is 246 g/mol. The van der Waals surface area contributed by atoms with Crippen LogP contribution in [0.5, 0.6) is 0 Å². The van der Waals surface area contributed by atoms with Crippen LogP contribution < -0.4 is 5.73 Å². The topological polar surface area (TPSA) is 77.6 Å². The predicted molar refractivity (Wildman–Crippen MR) is 70.5 cm³/mol. The van der Waals surface area contributed by atoms with Crippen molar-refractivity contribution in [2.75, 3.05) is 18.9 Å². The van der Waals surface area contributed by atoms with E-state index in [1.807, 2.05) is 0 Å². The second kappa shape index (κ2) is 5.34. The molecular formula is C13H19N3O3. The molecule has 19 heavy (non-hydrogen) atoms. The number of hydrogen-bond acceptors (Lipinski definition) is 4. The standard InChI is InChI=1S/C13H19N3O3/c1-3-19-12(17)8-16(10-4-5-10)13(18)11-6-9(14)7-15(11)2/h6-7,10H,3-5,8,14H2,1-2H3. The molecule has 1 fully saturated rings. The Labute approximate surface area is 112 Å². The molecule has 2 N–H and O–H groups in total. The van der Waals surface area contributed by atoms with Crippen molar-refractivity contribution in [1.82, 2.24) is 9.47 Å². The molecule has 1 aliphatic rings. The number of rotatable bonds is 5. The van der Waals surface area contributed by atoms with Crippen molar-refractivity contribution >= 4 is 17.6 Å². The van der Waals surface area contributed by atoms with Gasteiger partial charge in [0.15, 0.2) is 0 Å². The molecule has 0 aromatic carbocycles. The van der Waals surface area contributed by atoms with Gasteiger partial charge in [-0.25, -0.2) is 0 Å². The molecule has 0 aliphatic heterocycles. The summed E-state index contributed by atoms with van der Waals surface area (Å²) in [6, 6.07) is 1.77. The molecule has 104 valence electrons. The number of ether oxygens (including phenoxy) is 1. The van der Waals surface area contributed by atoms with Gasteiger partial charge in [-0.05, 0) is 25.8 Å². The van der Waals surface area contributed by atoms with E-state index in [0.29, 0.717) is 18.0 Å². The van der Waals surface area contributed by atoms with Crippen LogP contribution in [0.15, 0.2) is 12.3 Å². The first-order valence-corrected chi connectivity index (χ1v) is 6.41. The molecule has 0 unspecified atom stereocenters. The van der Waals surface area contributed by atoms with E-state index in [1.165, 1.54) is 0 Å². The summed E-state index contributed by atoms with van der Waals surface area (Å²) in [7, 11) is 1.76. The molecule has 1 heterocycles. The monoisotopic (exact) mass is 265 g/mol. The minimum atomic E-state index is -0.370. The molecule has 2 rings (SSSR count). The number of esters is 1. The normalized spacial score (nSPS) is 14.2. The lowest BCUT2D eigenvalue weighted by Crippen LogP contribution is -2.39. The molecule has 0 atom stereocenters. The molecule has 6 nitrogen and oxygen atoms in total. The third-order valence-electron chi connectivity index (χ3n) is 3.10. The third kappa shape index (κ3) is 3.07. The van der Waals surface area contributed by atoms with Gasteiger partial charge in [0, 0.05) is 19.3 Å². The van der Waals surface area contributed by atoms with Gasteiger partial charge in [0.2, 0.25) is 0 Å². The number of carbonyl (C=O) groups is 2. The summed E-state index contributed by atoms with van der Waals surface area (Å²) in [5.41, 5.74) is 6.71. The third-order valence-corrected chi connectivity index (χ3v) is 3.10. The van der Waals surface area contributed by atoms with Crippen LogP contribution >= 0.6 is 0 Å². The Morgan fingerprint density at radius 2 is 2.21 bits per heavy atom. The van der Waals surface area contributed by atoms with Gasteiger partial charge in [-0.2, -0.15) is 0 Å². The highest BCUT2D eigenvalue weighted by Crippen LogP contribution is 2.28. The summed E-state index contributed by atoms with van der Waals surface area (Å²) in [6.45, 7) is 2.07. The highest BCUT2D eigenvalue weighted by atomic mass is 16.5. The Morgan fingerprint density at radius 1 is 1.53 bits per heavy atom. The Morgan fingerprint density at radius 3 is 2.68 bits per heavy atom. The van der Waals surface area contributed by atoms with Crippen molar-refractivity contribution < 1.29 is 14.3 Å². The molecule has 0 bridgehead atoms. The second-order valence-corrected chi connectivity index (χ2v) is 4.74. The lowest BCUT2D eigenvalue weighted by Gasteiger charge is -2.21. The first kappa shape index (κ1) is 13.5. The molecule has 0 saturated heterocycles. The molecule has 0 spiro atoms. The average molecular weight is 265 g/mol. The maximum absolute atomic E-state index is 12.4. The van der Waals surface area contributed by atoms with E-state index >= 15 is 0 Å². The number of nitrogens with two attached hydrogens (primary N) is 1. The van der Waals surface area contributed by atoms with E-state index in [-0.39, 0.29) is 24.5 Å². The van der Waals surface area contributed by atoms with Crippen LogP contribution in [-0.2, 0) is 16.6 Å². The smallest absolute Gasteiger partial charge is 0.325 e. The lowest BCUT2D eigenvalue weighted by atomic mass is 10.3. The zero-order valence-corrected chi connectivity index (χ0v) is 11.3. The molecule has 1 aromatic rings. The fourth-order valence-electron chi connectivity index (χ4n) is 2.05. The van der Waals surface area contributed by atoms with Crippen LogP contribution in [-0.4, -0.2) is 40.5 Å². The van der Waals surface area contributed by atoms with Gasteiger partial charge in [-0.3, -0.25) is 9.59 Å². The predicted octanol–water partition coefficient (Wildman–Crippen LogP) is 0.775. The van der Waals surface area contributed by atoms with Crippen LogP contribution in [0.1, 0.15) is 30.3 Å². The van der Waals surface area contributed by atoms with Crippen LogP contribution in [0.3, 0.4) is 0 Å². The van der Waals surface area contributed by atoms with E-state index in [0.717, 1.165) is 12.8 Å². The molecule has 6 heteroatoms. The van der Waals surface area contributed by atoms with Crippen molar-refractivity contribution in [2.24, 2.45) is 7.05 Å². The van der Waals surface area contributed by atoms with Gasteiger partial charge in [-0.1, -0.05) is 0 Å². The van der Waals surface area contributed by atoms with Crippen LogP contribution in [0.4, 0.5) is 5.69 Å². The Kier molecular flexibility index (Phi) is 3.78. The average Bonchev–Trinajstić information content (AvgIpc) is 3.11. The summed E-state index contributed by atoms with van der Waals surface area (Å²) in [5, 5.41) is 0. The number of nitrogens with zero attached hydrogens (tertiary/aromatic N) is 2. The number of nitrogen functional groups attached to an aromatic ring is 1. The van der Waals surface area contributed by atoms with E-state index < -0.39 is 0 Å². The second-order valence-electron chi connectivity index (χ2n) is 4.74. The summed E-state index contributed by atoms with van der Waals surface area (Å²) >= 11 is 0. The van der Waals surface area contributed by atoms with Gasteiger partial charge in [0.25, 0.3) is 5.91 Å². The quantitative estimate of drug-likeness (QED) is 0.798. The summed E-state index contributed by atoms with van der Waals surface area (Å²) in [6.07, 6.45) is 3.55. The van der Waals surface area contributed by atoms with Crippen molar-refractivity contribution in [2.45, 2.75) is 25.8 Å². The van der Waals surface area contributed by atoms with Crippen LogP contribution in [0.2, 0.25) is 0 Å². The SMILES string of the molecule is CCOC(=O)CN(C(=O)c1cc(N)cn1C)C1CC1. The van der Waals surface area contributed by atoms with Crippen molar-refractivity contribution in [1.29, 1.82) is 0 Å². The minimum absolute atomic E-state index is 0.00241. The van der Waals surface area contributed by atoms with Gasteiger partial charge < -0.3 is 19.9 Å². The van der Waals surface area contributed by atoms with Crippen molar-refractivity contribution in [3.63, 3.8) is 0 Å². The highest BCUT2D eigenvalue weighted by Gasteiger charge is 2.35. The zero-order valence-electron chi connectivity index (χ0n) is 11.3. The summed E-state index contributed by atoms with van der Waals surface area (Å²) in [4.78, 5) is 25.6. The number of aryl methyl sites for hydroxylation is 1. The fraction of sp³-hybridized carbons (Fsp3) is 0.538. The molecule has 1 amide bonds. The number of hydrogen-bond donors (Lipinski definition) is 1. The Bertz CT molecular complexity index is 491. The first-order valence-electron chi connectivity index (χ1n) is 6.41. The maximum Gasteiger partial charge on any atom is 0.325 e. The Balaban J connectivity index is 2.13. The zero-order chi connectivity index (χ0) is 14.0. The molecule has 1 saturated carbocycles. The van der Waals surface area contributed by atoms with Gasteiger partial charge in [-0.15, -0.1) is 0 Å². The molecule has 0 radical (unpaired) electrons. The largest absolute Gasteiger partial charge is 0.465 e. The van der Waals surface area contributed by atoms with Gasteiger partial charge in [0.1, 0.15) is 12.2 Å². The Hall–Kier alpha value is -1.98. The number of carbonyl (C=O) groups excluding carboxylic acids is 2. The van der Waals surface area contributed by atoms with E-state index in [4.69, 9.17) is 10.5 Å².